The molecule has 4 aromatic rings. The SMILES string of the molecule is Nc1c(Br)cc(C[C@](N)(C(=O)O)c2nc3ccccc3[nH]2)cc1Br.O=C1Nc2ccccc2CCN1C1CCNCC1. The molecule has 2 aliphatic rings. The number of aromatic nitrogens is 2. The van der Waals surface area contributed by atoms with E-state index in [1.165, 1.54) is 5.56 Å². The van der Waals surface area contributed by atoms with E-state index in [1.54, 1.807) is 18.2 Å². The number of fused-ring (bicyclic) bond motifs is 2. The minimum absolute atomic E-state index is 0.0552. The van der Waals surface area contributed by atoms with Crippen LogP contribution in [0.5, 0.6) is 0 Å². The van der Waals surface area contributed by atoms with E-state index in [2.05, 4.69) is 58.5 Å². The first-order chi connectivity index (χ1) is 20.2. The minimum atomic E-state index is -1.69. The largest absolute Gasteiger partial charge is 0.480 e. The third-order valence-electron chi connectivity index (χ3n) is 7.71. The zero-order chi connectivity index (χ0) is 29.9. The Labute approximate surface area is 260 Å². The summed E-state index contributed by atoms with van der Waals surface area (Å²) >= 11 is 6.72. The Bertz CT molecular complexity index is 1550. The number of hydrogen-bond donors (Lipinski definition) is 6. The number of urea groups is 1. The molecule has 1 saturated heterocycles. The fourth-order valence-corrected chi connectivity index (χ4v) is 6.62. The van der Waals surface area contributed by atoms with Crippen LogP contribution in [0.25, 0.3) is 11.0 Å². The number of carboxylic acid groups (broad SMARTS) is 1. The van der Waals surface area contributed by atoms with E-state index in [-0.39, 0.29) is 18.3 Å². The summed E-state index contributed by atoms with van der Waals surface area (Å²) in [6, 6.07) is 19.4. The van der Waals surface area contributed by atoms with E-state index in [9.17, 15) is 14.7 Å². The normalized spacial score (nSPS) is 16.9. The third kappa shape index (κ3) is 6.46. The Hall–Kier alpha value is -3.45. The molecule has 0 spiro atoms. The summed E-state index contributed by atoms with van der Waals surface area (Å²) in [5, 5.41) is 16.1. The topological polar surface area (TPSA) is 162 Å². The predicted octanol–water partition coefficient (Wildman–Crippen LogP) is 4.98. The van der Waals surface area contributed by atoms with Crippen molar-refractivity contribution in [3.05, 3.63) is 86.6 Å². The number of aliphatic carboxylic acids is 1. The molecule has 10 nitrogen and oxygen atoms in total. The number of imidazole rings is 1. The van der Waals surface area contributed by atoms with Crippen molar-refractivity contribution in [2.75, 3.05) is 30.7 Å². The van der Waals surface area contributed by atoms with E-state index in [0.717, 1.165) is 50.1 Å². The number of aromatic amines is 1. The van der Waals surface area contributed by atoms with Crippen molar-refractivity contribution in [1.82, 2.24) is 20.2 Å². The number of para-hydroxylation sites is 3. The molecule has 1 fully saturated rings. The molecule has 0 aliphatic carbocycles. The van der Waals surface area contributed by atoms with Gasteiger partial charge in [0.1, 0.15) is 5.82 Å². The molecule has 0 bridgehead atoms. The number of halogens is 2. The molecule has 0 saturated carbocycles. The standard InChI is InChI=1S/C16H14Br2N4O2.C14H19N3O/c17-9-5-8(6-10(18)13(9)19)7-16(20,15(23)24)14-21-11-3-1-2-4-12(11)22-14;18-14-16-13-4-2-1-3-11(13)7-10-17(14)12-5-8-15-9-6-12/h1-6H,7,19-20H2,(H,21,22)(H,23,24);1-4,12,15H,5-10H2,(H,16,18)/t16-;/m1./s1. The zero-order valence-corrected chi connectivity index (χ0v) is 26.0. The number of benzene rings is 3. The van der Waals surface area contributed by atoms with Gasteiger partial charge in [0.25, 0.3) is 0 Å². The Kier molecular flexibility index (Phi) is 9.16. The number of nitrogens with one attached hydrogen (secondary N) is 3. The average molecular weight is 699 g/mol. The van der Waals surface area contributed by atoms with Crippen LogP contribution in [0.15, 0.2) is 69.6 Å². The number of rotatable bonds is 5. The van der Waals surface area contributed by atoms with E-state index in [4.69, 9.17) is 11.5 Å². The van der Waals surface area contributed by atoms with Gasteiger partial charge >= 0.3 is 12.0 Å². The van der Waals surface area contributed by atoms with E-state index < -0.39 is 11.5 Å². The fraction of sp³-hybridized carbons (Fsp3) is 0.300. The van der Waals surface area contributed by atoms with Crippen molar-refractivity contribution in [3.8, 4) is 0 Å². The number of nitrogens with two attached hydrogens (primary N) is 2. The molecule has 2 aliphatic heterocycles. The zero-order valence-electron chi connectivity index (χ0n) is 22.9. The summed E-state index contributed by atoms with van der Waals surface area (Å²) in [7, 11) is 0. The highest BCUT2D eigenvalue weighted by atomic mass is 79.9. The molecule has 0 unspecified atom stereocenters. The second-order valence-electron chi connectivity index (χ2n) is 10.5. The molecule has 8 N–H and O–H groups in total. The number of anilines is 2. The summed E-state index contributed by atoms with van der Waals surface area (Å²) in [5.41, 5.74) is 15.3. The second kappa shape index (κ2) is 12.8. The second-order valence-corrected chi connectivity index (χ2v) is 12.2. The summed E-state index contributed by atoms with van der Waals surface area (Å²) in [4.78, 5) is 33.6. The number of carbonyl (C=O) groups is 2. The van der Waals surface area contributed by atoms with Crippen molar-refractivity contribution in [3.63, 3.8) is 0 Å². The van der Waals surface area contributed by atoms with Gasteiger partial charge in [0.05, 0.1) is 16.7 Å². The van der Waals surface area contributed by atoms with Crippen LogP contribution in [-0.2, 0) is 23.2 Å². The van der Waals surface area contributed by atoms with E-state index in [1.807, 2.05) is 41.3 Å². The van der Waals surface area contributed by atoms with Crippen LogP contribution in [-0.4, -0.2) is 57.7 Å². The van der Waals surface area contributed by atoms with Crippen LogP contribution in [0.3, 0.4) is 0 Å². The monoisotopic (exact) mass is 697 g/mol. The summed E-state index contributed by atoms with van der Waals surface area (Å²) in [6.07, 6.45) is 3.12. The molecule has 6 rings (SSSR count). The minimum Gasteiger partial charge on any atom is -0.480 e. The number of carboxylic acids is 1. The van der Waals surface area contributed by atoms with Gasteiger partial charge < -0.3 is 37.1 Å². The van der Waals surface area contributed by atoms with Crippen molar-refractivity contribution >= 4 is 66.3 Å². The highest BCUT2D eigenvalue weighted by Gasteiger charge is 2.40. The van der Waals surface area contributed by atoms with Gasteiger partial charge in [-0.2, -0.15) is 0 Å². The summed E-state index contributed by atoms with van der Waals surface area (Å²) < 4.78 is 1.34. The molecule has 12 heteroatoms. The van der Waals surface area contributed by atoms with Crippen molar-refractivity contribution < 1.29 is 14.7 Å². The van der Waals surface area contributed by atoms with Gasteiger partial charge in [-0.25, -0.2) is 14.6 Å². The number of carbonyl (C=O) groups excluding carboxylic acids is 1. The smallest absolute Gasteiger partial charge is 0.331 e. The van der Waals surface area contributed by atoms with Gasteiger partial charge in [-0.1, -0.05) is 30.3 Å². The maximum Gasteiger partial charge on any atom is 0.331 e. The first-order valence-electron chi connectivity index (χ1n) is 13.7. The summed E-state index contributed by atoms with van der Waals surface area (Å²) in [5.74, 6) is -0.953. The lowest BCUT2D eigenvalue weighted by atomic mass is 9.91. The summed E-state index contributed by atoms with van der Waals surface area (Å²) in [6.45, 7) is 2.86. The number of hydrogen-bond acceptors (Lipinski definition) is 6. The highest BCUT2D eigenvalue weighted by molar-refractivity contribution is 9.11. The Morgan fingerprint density at radius 1 is 1.07 bits per heavy atom. The maximum atomic E-state index is 12.3. The first-order valence-corrected chi connectivity index (χ1v) is 15.3. The van der Waals surface area contributed by atoms with E-state index >= 15 is 0 Å². The molecular formula is C30H33Br2N7O3. The van der Waals surface area contributed by atoms with Crippen LogP contribution >= 0.6 is 31.9 Å². The van der Waals surface area contributed by atoms with Crippen LogP contribution in [0, 0.1) is 0 Å². The molecule has 1 aromatic heterocycles. The lowest BCUT2D eigenvalue weighted by Crippen LogP contribution is -2.47. The lowest BCUT2D eigenvalue weighted by Gasteiger charge is -2.33. The quantitative estimate of drug-likeness (QED) is 0.160. The average Bonchev–Trinajstić information content (AvgIpc) is 3.35. The fourth-order valence-electron chi connectivity index (χ4n) is 5.34. The molecule has 0 radical (unpaired) electrons. The Balaban J connectivity index is 0.000000175. The Morgan fingerprint density at radius 3 is 2.43 bits per heavy atom. The van der Waals surface area contributed by atoms with Gasteiger partial charge in [0.2, 0.25) is 0 Å². The number of H-pyrrole nitrogens is 1. The van der Waals surface area contributed by atoms with Gasteiger partial charge in [-0.05, 0) is 106 Å². The van der Waals surface area contributed by atoms with Crippen LogP contribution in [0.1, 0.15) is 29.8 Å². The van der Waals surface area contributed by atoms with Gasteiger partial charge in [0, 0.05) is 33.6 Å². The van der Waals surface area contributed by atoms with Crippen molar-refractivity contribution in [2.24, 2.45) is 5.73 Å². The van der Waals surface area contributed by atoms with Crippen molar-refractivity contribution in [1.29, 1.82) is 0 Å². The number of nitrogen functional groups attached to an aromatic ring is 1. The maximum absolute atomic E-state index is 12.3. The predicted molar refractivity (Wildman–Crippen MR) is 171 cm³/mol. The molecular weight excluding hydrogens is 666 g/mol. The number of piperidine rings is 1. The molecule has 42 heavy (non-hydrogen) atoms. The molecule has 2 amide bonds. The van der Waals surface area contributed by atoms with Gasteiger partial charge in [-0.3, -0.25) is 0 Å². The molecule has 3 heterocycles. The first kappa shape index (κ1) is 30.0. The van der Waals surface area contributed by atoms with Gasteiger partial charge in [-0.15, -0.1) is 0 Å². The van der Waals surface area contributed by atoms with Crippen LogP contribution in [0.4, 0.5) is 16.2 Å². The number of amides is 2. The molecule has 1 atom stereocenters. The Morgan fingerprint density at radius 2 is 1.74 bits per heavy atom. The molecule has 3 aromatic carbocycles. The van der Waals surface area contributed by atoms with E-state index in [0.29, 0.717) is 31.8 Å². The van der Waals surface area contributed by atoms with Crippen LogP contribution < -0.4 is 22.1 Å². The third-order valence-corrected chi connectivity index (χ3v) is 9.02. The highest BCUT2D eigenvalue weighted by Crippen LogP contribution is 2.32. The molecule has 220 valence electrons. The van der Waals surface area contributed by atoms with Crippen LogP contribution in [0.2, 0.25) is 0 Å². The lowest BCUT2D eigenvalue weighted by molar-refractivity contribution is -0.144. The van der Waals surface area contributed by atoms with Crippen molar-refractivity contribution in [2.45, 2.75) is 37.3 Å². The van der Waals surface area contributed by atoms with Gasteiger partial charge in [0.15, 0.2) is 5.54 Å². The number of nitrogens with zero attached hydrogens (tertiary/aromatic N) is 2.